The number of alkyl halides is 10. The third kappa shape index (κ3) is 6.47. The molecule has 1 aliphatic rings. The number of hydrogen-bond acceptors (Lipinski definition) is 2. The monoisotopic (exact) mass is 701 g/mol. The molecule has 3 aromatic rings. The van der Waals surface area contributed by atoms with Crippen molar-refractivity contribution >= 4 is 33.3 Å². The van der Waals surface area contributed by atoms with Crippen molar-refractivity contribution in [3.05, 3.63) is 98.8 Å². The highest BCUT2D eigenvalue weighted by molar-refractivity contribution is 9.10. The van der Waals surface area contributed by atoms with Crippen LogP contribution in [0.2, 0.25) is 0 Å². The van der Waals surface area contributed by atoms with Crippen LogP contribution >= 0.6 is 15.9 Å². The molecule has 15 heteroatoms. The minimum absolute atomic E-state index is 0.0289. The molecule has 0 atom stereocenters. The molecule has 0 spiro atoms. The van der Waals surface area contributed by atoms with Gasteiger partial charge in [0, 0.05) is 28.6 Å². The third-order valence-electron chi connectivity index (χ3n) is 6.99. The Morgan fingerprint density at radius 3 is 1.93 bits per heavy atom. The van der Waals surface area contributed by atoms with Crippen molar-refractivity contribution in [2.24, 2.45) is 5.92 Å². The van der Waals surface area contributed by atoms with Gasteiger partial charge in [-0.05, 0) is 60.7 Å². The molecular weight excluding hydrogens is 683 g/mol. The maximum absolute atomic E-state index is 15.8. The summed E-state index contributed by atoms with van der Waals surface area (Å²) in [6.45, 7) is 0.0664. The van der Waals surface area contributed by atoms with Gasteiger partial charge in [-0.2, -0.15) is 39.5 Å². The van der Waals surface area contributed by atoms with Gasteiger partial charge in [-0.3, -0.25) is 9.59 Å². The van der Waals surface area contributed by atoms with E-state index in [1.165, 1.54) is 18.2 Å². The number of amides is 1. The van der Waals surface area contributed by atoms with Gasteiger partial charge >= 0.3 is 24.2 Å². The molecule has 0 aliphatic heterocycles. The minimum Gasteiger partial charge on any atom is -0.305 e. The molecule has 1 aliphatic carbocycles. The Hall–Kier alpha value is -3.49. The van der Waals surface area contributed by atoms with Gasteiger partial charge in [-0.25, -0.2) is 8.78 Å². The number of halogens is 12. The van der Waals surface area contributed by atoms with Crippen LogP contribution in [-0.2, 0) is 18.3 Å². The van der Waals surface area contributed by atoms with Crippen LogP contribution in [0.1, 0.15) is 50.2 Å². The number of hydrogen-bond donors (Lipinski definition) is 0. The van der Waals surface area contributed by atoms with Gasteiger partial charge in [0.1, 0.15) is 0 Å². The average Bonchev–Trinajstić information content (AvgIpc) is 3.75. The molecule has 0 radical (unpaired) electrons. The summed E-state index contributed by atoms with van der Waals surface area (Å²) in [5.41, 5.74) is -12.9. The van der Waals surface area contributed by atoms with Gasteiger partial charge in [0.05, 0.1) is 16.8 Å². The van der Waals surface area contributed by atoms with Crippen LogP contribution < -0.4 is 4.90 Å². The fourth-order valence-corrected chi connectivity index (χ4v) is 5.14. The topological polar surface area (TPSA) is 37.4 Å². The Morgan fingerprint density at radius 1 is 0.818 bits per heavy atom. The van der Waals surface area contributed by atoms with Crippen molar-refractivity contribution in [1.29, 1.82) is 0 Å². The van der Waals surface area contributed by atoms with Crippen LogP contribution in [0, 0.1) is 11.7 Å². The van der Waals surface area contributed by atoms with Gasteiger partial charge in [0.2, 0.25) is 0 Å². The molecule has 0 saturated heterocycles. The molecule has 44 heavy (non-hydrogen) atoms. The first-order valence-corrected chi connectivity index (χ1v) is 13.5. The fourth-order valence-electron chi connectivity index (χ4n) is 4.54. The van der Waals surface area contributed by atoms with Crippen LogP contribution in [0.25, 0.3) is 0 Å². The number of Topliss-reactive ketones (excluding diaryl/α,β-unsaturated/α-hetero) is 1. The molecule has 0 N–H and O–H groups in total. The van der Waals surface area contributed by atoms with Gasteiger partial charge in [0.25, 0.3) is 5.91 Å². The summed E-state index contributed by atoms with van der Waals surface area (Å²) in [6, 6.07) is 10.1. The summed E-state index contributed by atoms with van der Waals surface area (Å²) in [5.74, 6) is -3.22. The second kappa shape index (κ2) is 11.8. The first-order chi connectivity index (χ1) is 20.3. The van der Waals surface area contributed by atoms with E-state index in [4.69, 9.17) is 0 Å². The van der Waals surface area contributed by atoms with E-state index in [2.05, 4.69) is 15.9 Å². The van der Waals surface area contributed by atoms with Crippen LogP contribution in [0.4, 0.5) is 54.0 Å². The smallest absolute Gasteiger partial charge is 0.305 e. The standard InChI is InChI=1S/C29H19BrF11NO2/c30-21-12-17(26(32,28(36,37)38)29(39,40)41)11-20(27(33,34)35)19(21)13-23(43)18-7-4-8-22(24(18)31)42(14-15-9-10-15)25(44)16-5-2-1-3-6-16/h1-8,11-12,15H,9-10,13-14H2. The number of carbonyl (C=O) groups is 2. The van der Waals surface area contributed by atoms with E-state index in [9.17, 15) is 53.5 Å². The van der Waals surface area contributed by atoms with Crippen molar-refractivity contribution < 1.29 is 57.9 Å². The molecular formula is C29H19BrF11NO2. The highest BCUT2D eigenvalue weighted by atomic mass is 79.9. The van der Waals surface area contributed by atoms with Crippen molar-refractivity contribution in [1.82, 2.24) is 0 Å². The molecule has 236 valence electrons. The zero-order chi connectivity index (χ0) is 32.8. The lowest BCUT2D eigenvalue weighted by atomic mass is 9.89. The Labute approximate surface area is 250 Å². The van der Waals surface area contributed by atoms with Crippen LogP contribution in [0.5, 0.6) is 0 Å². The Balaban J connectivity index is 1.77. The Bertz CT molecular complexity index is 1550. The van der Waals surface area contributed by atoms with Gasteiger partial charge < -0.3 is 4.90 Å². The summed E-state index contributed by atoms with van der Waals surface area (Å²) in [7, 11) is 0. The zero-order valence-electron chi connectivity index (χ0n) is 22.0. The highest BCUT2D eigenvalue weighted by Crippen LogP contribution is 2.54. The SMILES string of the molecule is O=C(Cc1c(Br)cc(C(F)(C(F)(F)F)C(F)(F)F)cc1C(F)(F)F)c1cccc(N(CC2CC2)C(=O)c2ccccc2)c1F. The molecule has 1 fully saturated rings. The van der Waals surface area contributed by atoms with E-state index in [-0.39, 0.29) is 29.8 Å². The summed E-state index contributed by atoms with van der Waals surface area (Å²) >= 11 is 2.45. The van der Waals surface area contributed by atoms with E-state index in [0.29, 0.717) is 0 Å². The zero-order valence-corrected chi connectivity index (χ0v) is 23.6. The van der Waals surface area contributed by atoms with Gasteiger partial charge in [-0.1, -0.05) is 40.2 Å². The van der Waals surface area contributed by atoms with Crippen LogP contribution in [0.15, 0.2) is 65.1 Å². The lowest BCUT2D eigenvalue weighted by Gasteiger charge is -2.31. The molecule has 3 nitrogen and oxygen atoms in total. The second-order valence-corrected chi connectivity index (χ2v) is 11.0. The van der Waals surface area contributed by atoms with Crippen molar-refractivity contribution in [3.8, 4) is 0 Å². The molecule has 1 saturated carbocycles. The average molecular weight is 702 g/mol. The number of carbonyl (C=O) groups excluding carboxylic acids is 2. The lowest BCUT2D eigenvalue weighted by Crippen LogP contribution is -2.50. The number of benzene rings is 3. The van der Waals surface area contributed by atoms with Crippen LogP contribution in [-0.4, -0.2) is 30.6 Å². The summed E-state index contributed by atoms with van der Waals surface area (Å²) in [4.78, 5) is 27.5. The largest absolute Gasteiger partial charge is 0.435 e. The lowest BCUT2D eigenvalue weighted by molar-refractivity contribution is -0.348. The maximum Gasteiger partial charge on any atom is 0.435 e. The van der Waals surface area contributed by atoms with Gasteiger partial charge in [-0.15, -0.1) is 0 Å². The quantitative estimate of drug-likeness (QED) is 0.173. The Morgan fingerprint density at radius 2 is 1.41 bits per heavy atom. The van der Waals surface area contributed by atoms with E-state index >= 15 is 4.39 Å². The molecule has 0 aromatic heterocycles. The molecule has 0 unspecified atom stereocenters. The van der Waals surface area contributed by atoms with Gasteiger partial charge in [0.15, 0.2) is 11.6 Å². The third-order valence-corrected chi connectivity index (χ3v) is 7.70. The molecule has 1 amide bonds. The fraction of sp³-hybridized carbons (Fsp3) is 0.310. The molecule has 0 bridgehead atoms. The predicted octanol–water partition coefficient (Wildman–Crippen LogP) is 9.38. The number of anilines is 1. The second-order valence-electron chi connectivity index (χ2n) is 10.1. The van der Waals surface area contributed by atoms with Crippen molar-refractivity contribution in [2.75, 3.05) is 11.4 Å². The summed E-state index contributed by atoms with van der Waals surface area (Å²) in [6.07, 6.45) is -18.9. The predicted molar refractivity (Wildman–Crippen MR) is 139 cm³/mol. The maximum atomic E-state index is 15.8. The van der Waals surface area contributed by atoms with E-state index < -0.39 is 80.9 Å². The normalized spacial score (nSPS) is 14.5. The van der Waals surface area contributed by atoms with E-state index in [1.807, 2.05) is 0 Å². The van der Waals surface area contributed by atoms with Crippen LogP contribution in [0.3, 0.4) is 0 Å². The van der Waals surface area contributed by atoms with Crippen molar-refractivity contribution in [2.45, 2.75) is 43.5 Å². The Kier molecular flexibility index (Phi) is 8.95. The first-order valence-electron chi connectivity index (χ1n) is 12.7. The van der Waals surface area contributed by atoms with E-state index in [1.54, 1.807) is 18.2 Å². The molecule has 4 rings (SSSR count). The first kappa shape index (κ1) is 33.4. The number of rotatable bonds is 8. The number of nitrogens with zero attached hydrogens (tertiary/aromatic N) is 1. The summed E-state index contributed by atoms with van der Waals surface area (Å²) < 4.78 is 151. The molecule has 3 aromatic carbocycles. The summed E-state index contributed by atoms with van der Waals surface area (Å²) in [5, 5.41) is 0. The molecule has 0 heterocycles. The number of ketones is 1. The van der Waals surface area contributed by atoms with Crippen molar-refractivity contribution in [3.63, 3.8) is 0 Å². The van der Waals surface area contributed by atoms with E-state index in [0.717, 1.165) is 29.9 Å². The minimum atomic E-state index is -6.70. The highest BCUT2D eigenvalue weighted by Gasteiger charge is 2.73.